The predicted molar refractivity (Wildman–Crippen MR) is 74.8 cm³/mol. The second-order valence-electron chi connectivity index (χ2n) is 4.58. The van der Waals surface area contributed by atoms with Crippen molar-refractivity contribution in [1.82, 2.24) is 4.90 Å². The summed E-state index contributed by atoms with van der Waals surface area (Å²) in [7, 11) is 0. The molecular weight excluding hydrogens is 250 g/mol. The van der Waals surface area contributed by atoms with Crippen molar-refractivity contribution in [3.8, 4) is 0 Å². The number of nitrogens with two attached hydrogens (primary N) is 1. The van der Waals surface area contributed by atoms with Crippen LogP contribution in [0.5, 0.6) is 0 Å². The molecule has 0 unspecified atom stereocenters. The van der Waals surface area contributed by atoms with Crippen LogP contribution in [0.1, 0.15) is 19.8 Å². The number of nitrogens with one attached hydrogen (secondary N) is 1. The zero-order chi connectivity index (χ0) is 13.1. The third-order valence-electron chi connectivity index (χ3n) is 3.08. The lowest BCUT2D eigenvalue weighted by atomic mass is 10.3. The molecule has 0 bridgehead atoms. The molecule has 4 nitrogen and oxygen atoms in total. The second kappa shape index (κ2) is 5.59. The van der Waals surface area contributed by atoms with Crippen LogP contribution in [0.15, 0.2) is 18.2 Å². The van der Waals surface area contributed by atoms with E-state index in [0.717, 1.165) is 6.54 Å². The SMILES string of the molecule is CCN(CC(=O)Nc1ccc(N)cc1Cl)C1CC1. The fourth-order valence-electron chi connectivity index (χ4n) is 1.95. The van der Waals surface area contributed by atoms with E-state index in [9.17, 15) is 4.79 Å². The first-order valence-electron chi connectivity index (χ1n) is 6.19. The van der Waals surface area contributed by atoms with Gasteiger partial charge in [-0.2, -0.15) is 0 Å². The molecule has 18 heavy (non-hydrogen) atoms. The molecule has 1 aromatic rings. The second-order valence-corrected chi connectivity index (χ2v) is 4.99. The highest BCUT2D eigenvalue weighted by Crippen LogP contribution is 2.27. The molecule has 0 aromatic heterocycles. The largest absolute Gasteiger partial charge is 0.399 e. The average Bonchev–Trinajstić information content (AvgIpc) is 3.14. The summed E-state index contributed by atoms with van der Waals surface area (Å²) in [6, 6.07) is 5.67. The molecule has 1 saturated carbocycles. The molecule has 0 saturated heterocycles. The first-order chi connectivity index (χ1) is 8.60. The van der Waals surface area contributed by atoms with Gasteiger partial charge in [0.2, 0.25) is 5.91 Å². The van der Waals surface area contributed by atoms with Crippen LogP contribution >= 0.6 is 11.6 Å². The monoisotopic (exact) mass is 267 g/mol. The molecule has 98 valence electrons. The molecule has 3 N–H and O–H groups in total. The number of hydrogen-bond acceptors (Lipinski definition) is 3. The Kier molecular flexibility index (Phi) is 4.09. The number of amides is 1. The van der Waals surface area contributed by atoms with E-state index >= 15 is 0 Å². The Hall–Kier alpha value is -1.26. The number of anilines is 2. The van der Waals surface area contributed by atoms with Gasteiger partial charge in [-0.25, -0.2) is 0 Å². The van der Waals surface area contributed by atoms with Gasteiger partial charge in [-0.3, -0.25) is 9.69 Å². The Labute approximate surface area is 112 Å². The van der Waals surface area contributed by atoms with E-state index in [1.54, 1.807) is 18.2 Å². The van der Waals surface area contributed by atoms with Gasteiger partial charge in [0.15, 0.2) is 0 Å². The summed E-state index contributed by atoms with van der Waals surface area (Å²) in [6.45, 7) is 3.39. The minimum absolute atomic E-state index is 0.0320. The molecule has 1 aliphatic rings. The first-order valence-corrected chi connectivity index (χ1v) is 6.57. The van der Waals surface area contributed by atoms with Crippen molar-refractivity contribution in [2.45, 2.75) is 25.8 Å². The molecule has 0 spiro atoms. The van der Waals surface area contributed by atoms with Crippen molar-refractivity contribution >= 4 is 28.9 Å². The highest BCUT2D eigenvalue weighted by Gasteiger charge is 2.28. The van der Waals surface area contributed by atoms with Crippen LogP contribution in [0.4, 0.5) is 11.4 Å². The van der Waals surface area contributed by atoms with Gasteiger partial charge in [0.25, 0.3) is 0 Å². The van der Waals surface area contributed by atoms with Crippen LogP contribution in [0.3, 0.4) is 0 Å². The first kappa shape index (κ1) is 13.2. The van der Waals surface area contributed by atoms with Crippen LogP contribution in [-0.4, -0.2) is 29.9 Å². The van der Waals surface area contributed by atoms with E-state index in [1.165, 1.54) is 12.8 Å². The van der Waals surface area contributed by atoms with E-state index in [0.29, 0.717) is 29.0 Å². The smallest absolute Gasteiger partial charge is 0.238 e. The van der Waals surface area contributed by atoms with Crippen LogP contribution < -0.4 is 11.1 Å². The lowest BCUT2D eigenvalue weighted by Crippen LogP contribution is -2.34. The predicted octanol–water partition coefficient (Wildman–Crippen LogP) is 2.35. The molecular formula is C13H18ClN3O. The Morgan fingerprint density at radius 2 is 2.28 bits per heavy atom. The fraction of sp³-hybridized carbons (Fsp3) is 0.462. The Balaban J connectivity index is 1.93. The maximum absolute atomic E-state index is 11.9. The topological polar surface area (TPSA) is 58.4 Å². The normalized spacial score (nSPS) is 14.8. The van der Waals surface area contributed by atoms with Gasteiger partial charge in [-0.1, -0.05) is 18.5 Å². The summed E-state index contributed by atoms with van der Waals surface area (Å²) < 4.78 is 0. The molecule has 1 amide bonds. The van der Waals surface area contributed by atoms with Crippen molar-refractivity contribution in [3.05, 3.63) is 23.2 Å². The van der Waals surface area contributed by atoms with E-state index in [-0.39, 0.29) is 5.91 Å². The molecule has 2 rings (SSSR count). The number of hydrogen-bond donors (Lipinski definition) is 2. The number of halogens is 1. The lowest BCUT2D eigenvalue weighted by Gasteiger charge is -2.19. The summed E-state index contributed by atoms with van der Waals surface area (Å²) in [6.07, 6.45) is 2.40. The van der Waals surface area contributed by atoms with Gasteiger partial charge in [-0.15, -0.1) is 0 Å². The van der Waals surface area contributed by atoms with Gasteiger partial charge in [0.1, 0.15) is 0 Å². The van der Waals surface area contributed by atoms with Crippen molar-refractivity contribution in [1.29, 1.82) is 0 Å². The molecule has 1 aromatic carbocycles. The van der Waals surface area contributed by atoms with E-state index in [4.69, 9.17) is 17.3 Å². The molecule has 5 heteroatoms. The highest BCUT2D eigenvalue weighted by atomic mass is 35.5. The van der Waals surface area contributed by atoms with Crippen molar-refractivity contribution in [2.75, 3.05) is 24.1 Å². The quantitative estimate of drug-likeness (QED) is 0.805. The number of benzene rings is 1. The number of nitrogens with zero attached hydrogens (tertiary/aromatic N) is 1. The number of carbonyl (C=O) groups is 1. The van der Waals surface area contributed by atoms with Gasteiger partial charge < -0.3 is 11.1 Å². The van der Waals surface area contributed by atoms with Gasteiger partial charge >= 0.3 is 0 Å². The van der Waals surface area contributed by atoms with Crippen LogP contribution in [0.25, 0.3) is 0 Å². The standard InChI is InChI=1S/C13H18ClN3O/c1-2-17(10-4-5-10)8-13(18)16-12-6-3-9(15)7-11(12)14/h3,6-7,10H,2,4-5,8,15H2,1H3,(H,16,18). The fourth-order valence-corrected chi connectivity index (χ4v) is 2.18. The Morgan fingerprint density at radius 3 is 2.83 bits per heavy atom. The maximum Gasteiger partial charge on any atom is 0.238 e. The van der Waals surface area contributed by atoms with E-state index in [1.807, 2.05) is 0 Å². The third kappa shape index (κ3) is 3.37. The van der Waals surface area contributed by atoms with Crippen LogP contribution in [-0.2, 0) is 4.79 Å². The molecule has 1 fully saturated rings. The van der Waals surface area contributed by atoms with Crippen LogP contribution in [0.2, 0.25) is 5.02 Å². The Bertz CT molecular complexity index is 446. The van der Waals surface area contributed by atoms with E-state index in [2.05, 4.69) is 17.1 Å². The molecule has 0 heterocycles. The molecule has 0 atom stereocenters. The van der Waals surface area contributed by atoms with Gasteiger partial charge in [0.05, 0.1) is 17.3 Å². The number of rotatable bonds is 5. The average molecular weight is 268 g/mol. The molecule has 0 radical (unpaired) electrons. The van der Waals surface area contributed by atoms with Crippen molar-refractivity contribution in [2.24, 2.45) is 0 Å². The maximum atomic E-state index is 11.9. The zero-order valence-corrected chi connectivity index (χ0v) is 11.2. The minimum atomic E-state index is -0.0320. The summed E-state index contributed by atoms with van der Waals surface area (Å²) in [5, 5.41) is 3.29. The molecule has 1 aliphatic carbocycles. The zero-order valence-electron chi connectivity index (χ0n) is 10.4. The summed E-state index contributed by atoms with van der Waals surface area (Å²) in [5.74, 6) is -0.0320. The number of nitrogen functional groups attached to an aromatic ring is 1. The highest BCUT2D eigenvalue weighted by molar-refractivity contribution is 6.34. The summed E-state index contributed by atoms with van der Waals surface area (Å²) in [4.78, 5) is 14.1. The number of carbonyl (C=O) groups excluding carboxylic acids is 1. The van der Waals surface area contributed by atoms with Gasteiger partial charge in [-0.05, 0) is 37.6 Å². The summed E-state index contributed by atoms with van der Waals surface area (Å²) >= 11 is 6.01. The van der Waals surface area contributed by atoms with Crippen LogP contribution in [0, 0.1) is 0 Å². The molecule has 0 aliphatic heterocycles. The van der Waals surface area contributed by atoms with Crippen molar-refractivity contribution in [3.63, 3.8) is 0 Å². The van der Waals surface area contributed by atoms with Gasteiger partial charge in [0, 0.05) is 11.7 Å². The minimum Gasteiger partial charge on any atom is -0.399 e. The third-order valence-corrected chi connectivity index (χ3v) is 3.40. The number of likely N-dealkylation sites (N-methyl/N-ethyl adjacent to an activating group) is 1. The Morgan fingerprint density at radius 1 is 1.56 bits per heavy atom. The van der Waals surface area contributed by atoms with Crippen molar-refractivity contribution < 1.29 is 4.79 Å². The van der Waals surface area contributed by atoms with E-state index < -0.39 is 0 Å². The summed E-state index contributed by atoms with van der Waals surface area (Å²) in [5.41, 5.74) is 6.81. The lowest BCUT2D eigenvalue weighted by molar-refractivity contribution is -0.117.